The van der Waals surface area contributed by atoms with Crippen molar-refractivity contribution in [2.75, 3.05) is 6.61 Å². The minimum absolute atomic E-state index is 0.00850. The number of rotatable bonds is 4. The highest BCUT2D eigenvalue weighted by atomic mass is 32.1. The number of carbonyl (C=O) groups excluding carboxylic acids is 1. The van der Waals surface area contributed by atoms with Crippen LogP contribution in [0.2, 0.25) is 0 Å². The van der Waals surface area contributed by atoms with Crippen molar-refractivity contribution in [1.29, 1.82) is 0 Å². The van der Waals surface area contributed by atoms with Crippen LogP contribution in [0.15, 0.2) is 0 Å². The standard InChI is InChI=1S/C17H26N2O2S/c1-11-14(22-16(18-11)12-6-3-4-7-12)15(21)19-13-8-5-9-17(13,2)10-20/h12-13,20H,3-10H2,1-2H3,(H,19,21). The summed E-state index contributed by atoms with van der Waals surface area (Å²) < 4.78 is 0. The van der Waals surface area contributed by atoms with Gasteiger partial charge in [-0.25, -0.2) is 4.98 Å². The minimum Gasteiger partial charge on any atom is -0.396 e. The molecule has 2 aliphatic carbocycles. The molecule has 4 nitrogen and oxygen atoms in total. The second-order valence-corrected chi connectivity index (χ2v) is 8.21. The van der Waals surface area contributed by atoms with Gasteiger partial charge < -0.3 is 10.4 Å². The van der Waals surface area contributed by atoms with Gasteiger partial charge in [-0.2, -0.15) is 0 Å². The maximum atomic E-state index is 12.6. The van der Waals surface area contributed by atoms with E-state index in [9.17, 15) is 9.90 Å². The lowest BCUT2D eigenvalue weighted by molar-refractivity contribution is 0.0833. The van der Waals surface area contributed by atoms with E-state index in [1.54, 1.807) is 11.3 Å². The summed E-state index contributed by atoms with van der Waals surface area (Å²) in [7, 11) is 0. The zero-order valence-electron chi connectivity index (χ0n) is 13.5. The molecule has 1 amide bonds. The Morgan fingerprint density at radius 3 is 2.77 bits per heavy atom. The van der Waals surface area contributed by atoms with Crippen molar-refractivity contribution in [3.05, 3.63) is 15.6 Å². The SMILES string of the molecule is Cc1nc(C2CCCC2)sc1C(=O)NC1CCCC1(C)CO. The van der Waals surface area contributed by atoms with E-state index in [4.69, 9.17) is 0 Å². The Balaban J connectivity index is 1.72. The molecule has 2 N–H and O–H groups in total. The summed E-state index contributed by atoms with van der Waals surface area (Å²) in [5.74, 6) is 0.547. The second-order valence-electron chi connectivity index (χ2n) is 7.18. The molecule has 3 rings (SSSR count). The number of carbonyl (C=O) groups is 1. The Kier molecular flexibility index (Phi) is 4.55. The first-order valence-electron chi connectivity index (χ1n) is 8.42. The lowest BCUT2D eigenvalue weighted by Crippen LogP contribution is -2.44. The molecule has 0 aromatic carbocycles. The highest BCUT2D eigenvalue weighted by molar-refractivity contribution is 7.13. The van der Waals surface area contributed by atoms with Crippen LogP contribution in [0.4, 0.5) is 0 Å². The highest BCUT2D eigenvalue weighted by Crippen LogP contribution is 2.39. The van der Waals surface area contributed by atoms with E-state index in [0.717, 1.165) is 34.8 Å². The first-order valence-corrected chi connectivity index (χ1v) is 9.24. The lowest BCUT2D eigenvalue weighted by Gasteiger charge is -2.29. The fourth-order valence-electron chi connectivity index (χ4n) is 3.87. The number of hydrogen-bond donors (Lipinski definition) is 2. The molecule has 2 aliphatic rings. The summed E-state index contributed by atoms with van der Waals surface area (Å²) in [4.78, 5) is 18.0. The van der Waals surface area contributed by atoms with Crippen molar-refractivity contribution in [2.24, 2.45) is 5.41 Å². The molecule has 2 atom stereocenters. The number of aliphatic hydroxyl groups excluding tert-OH is 1. The summed E-state index contributed by atoms with van der Waals surface area (Å²) in [5, 5.41) is 13.9. The molecule has 0 spiro atoms. The van der Waals surface area contributed by atoms with Crippen LogP contribution in [0.3, 0.4) is 0 Å². The molecule has 2 fully saturated rings. The van der Waals surface area contributed by atoms with Gasteiger partial charge >= 0.3 is 0 Å². The van der Waals surface area contributed by atoms with E-state index >= 15 is 0 Å². The zero-order valence-corrected chi connectivity index (χ0v) is 14.3. The van der Waals surface area contributed by atoms with Crippen LogP contribution < -0.4 is 5.32 Å². The maximum Gasteiger partial charge on any atom is 0.263 e. The fourth-order valence-corrected chi connectivity index (χ4v) is 5.01. The van der Waals surface area contributed by atoms with Gasteiger partial charge in [-0.1, -0.05) is 26.2 Å². The number of hydrogen-bond acceptors (Lipinski definition) is 4. The largest absolute Gasteiger partial charge is 0.396 e. The average molecular weight is 322 g/mol. The van der Waals surface area contributed by atoms with Crippen LogP contribution in [-0.4, -0.2) is 28.6 Å². The Labute approximate surface area is 136 Å². The predicted molar refractivity (Wildman–Crippen MR) is 88.4 cm³/mol. The monoisotopic (exact) mass is 322 g/mol. The summed E-state index contributed by atoms with van der Waals surface area (Å²) >= 11 is 1.57. The Morgan fingerprint density at radius 2 is 2.09 bits per heavy atom. The van der Waals surface area contributed by atoms with E-state index in [0.29, 0.717) is 5.92 Å². The van der Waals surface area contributed by atoms with Crippen molar-refractivity contribution < 1.29 is 9.90 Å². The van der Waals surface area contributed by atoms with Gasteiger partial charge in [0.2, 0.25) is 0 Å². The number of aryl methyl sites for hydroxylation is 1. The Bertz CT molecular complexity index is 551. The first kappa shape index (κ1) is 15.9. The van der Waals surface area contributed by atoms with Crippen LogP contribution in [0, 0.1) is 12.3 Å². The third-order valence-electron chi connectivity index (χ3n) is 5.47. The van der Waals surface area contributed by atoms with Gasteiger partial charge in [0.15, 0.2) is 0 Å². The van der Waals surface area contributed by atoms with Gasteiger partial charge in [-0.05, 0) is 32.6 Å². The second kappa shape index (κ2) is 6.28. The summed E-state index contributed by atoms with van der Waals surface area (Å²) in [6, 6.07) is 0.0708. The van der Waals surface area contributed by atoms with Gasteiger partial charge in [0.25, 0.3) is 5.91 Å². The zero-order chi connectivity index (χ0) is 15.7. The first-order chi connectivity index (χ1) is 10.5. The van der Waals surface area contributed by atoms with E-state index in [-0.39, 0.29) is 24.0 Å². The molecule has 1 heterocycles. The number of amides is 1. The summed E-state index contributed by atoms with van der Waals surface area (Å²) in [5.41, 5.74) is 0.677. The Hall–Kier alpha value is -0.940. The van der Waals surface area contributed by atoms with Gasteiger partial charge in [-0.3, -0.25) is 4.79 Å². The molecule has 22 heavy (non-hydrogen) atoms. The summed E-state index contributed by atoms with van der Waals surface area (Å²) in [6.07, 6.45) is 7.97. The molecule has 2 saturated carbocycles. The molecule has 0 saturated heterocycles. The van der Waals surface area contributed by atoms with Crippen molar-refractivity contribution in [1.82, 2.24) is 10.3 Å². The molecule has 2 unspecified atom stereocenters. The Morgan fingerprint density at radius 1 is 1.36 bits per heavy atom. The molecular formula is C17H26N2O2S. The molecular weight excluding hydrogens is 296 g/mol. The fraction of sp³-hybridized carbons (Fsp3) is 0.765. The molecule has 0 bridgehead atoms. The van der Waals surface area contributed by atoms with Crippen LogP contribution in [-0.2, 0) is 0 Å². The number of nitrogens with zero attached hydrogens (tertiary/aromatic N) is 1. The maximum absolute atomic E-state index is 12.6. The molecule has 122 valence electrons. The van der Waals surface area contributed by atoms with Gasteiger partial charge in [0.1, 0.15) is 4.88 Å². The van der Waals surface area contributed by atoms with Crippen molar-refractivity contribution in [3.63, 3.8) is 0 Å². The number of aliphatic hydroxyl groups is 1. The summed E-state index contributed by atoms with van der Waals surface area (Å²) in [6.45, 7) is 4.13. The van der Waals surface area contributed by atoms with Crippen LogP contribution in [0.1, 0.15) is 78.2 Å². The number of nitrogens with one attached hydrogen (secondary N) is 1. The molecule has 0 aliphatic heterocycles. The predicted octanol–water partition coefficient (Wildman–Crippen LogP) is 3.39. The van der Waals surface area contributed by atoms with Crippen molar-refractivity contribution in [3.8, 4) is 0 Å². The van der Waals surface area contributed by atoms with Crippen molar-refractivity contribution in [2.45, 2.75) is 70.8 Å². The topological polar surface area (TPSA) is 62.2 Å². The van der Waals surface area contributed by atoms with Gasteiger partial charge in [0, 0.05) is 17.4 Å². The van der Waals surface area contributed by atoms with Crippen LogP contribution in [0.25, 0.3) is 0 Å². The van der Waals surface area contributed by atoms with Crippen LogP contribution >= 0.6 is 11.3 Å². The molecule has 1 aromatic rings. The van der Waals surface area contributed by atoms with E-state index in [2.05, 4.69) is 17.2 Å². The quantitative estimate of drug-likeness (QED) is 0.893. The third-order valence-corrected chi connectivity index (χ3v) is 6.79. The van der Waals surface area contributed by atoms with E-state index < -0.39 is 0 Å². The van der Waals surface area contributed by atoms with Crippen molar-refractivity contribution >= 4 is 17.2 Å². The van der Waals surface area contributed by atoms with Crippen LogP contribution in [0.5, 0.6) is 0 Å². The van der Waals surface area contributed by atoms with E-state index in [1.807, 2.05) is 6.92 Å². The molecule has 0 radical (unpaired) electrons. The normalized spacial score (nSPS) is 29.1. The van der Waals surface area contributed by atoms with E-state index in [1.165, 1.54) is 25.7 Å². The number of aromatic nitrogens is 1. The molecule has 5 heteroatoms. The average Bonchev–Trinajstić information content (AvgIpc) is 3.20. The van der Waals surface area contributed by atoms with Gasteiger partial charge in [0.05, 0.1) is 17.3 Å². The molecule has 1 aromatic heterocycles. The minimum atomic E-state index is -0.178. The highest BCUT2D eigenvalue weighted by Gasteiger charge is 2.39. The van der Waals surface area contributed by atoms with Gasteiger partial charge in [-0.15, -0.1) is 11.3 Å². The third kappa shape index (κ3) is 2.93. The lowest BCUT2D eigenvalue weighted by atomic mass is 9.86. The number of thiazole rings is 1. The smallest absolute Gasteiger partial charge is 0.263 e.